The minimum atomic E-state index is -0.328. The highest BCUT2D eigenvalue weighted by Crippen LogP contribution is 2.20. The summed E-state index contributed by atoms with van der Waals surface area (Å²) in [6.45, 7) is 7.06. The van der Waals surface area contributed by atoms with Gasteiger partial charge in [0.1, 0.15) is 17.0 Å². The van der Waals surface area contributed by atoms with Crippen LogP contribution in [-0.4, -0.2) is 41.0 Å². The summed E-state index contributed by atoms with van der Waals surface area (Å²) in [7, 11) is 0. The van der Waals surface area contributed by atoms with Crippen LogP contribution in [0.25, 0.3) is 5.65 Å². The van der Waals surface area contributed by atoms with Gasteiger partial charge >= 0.3 is 0 Å². The number of nitrogens with zero attached hydrogens (tertiary/aromatic N) is 3. The van der Waals surface area contributed by atoms with Crippen molar-refractivity contribution < 1.29 is 9.53 Å². The van der Waals surface area contributed by atoms with E-state index in [2.05, 4.69) is 4.98 Å². The van der Waals surface area contributed by atoms with Crippen molar-refractivity contribution in [2.75, 3.05) is 18.0 Å². The van der Waals surface area contributed by atoms with Gasteiger partial charge in [-0.25, -0.2) is 4.98 Å². The van der Waals surface area contributed by atoms with Gasteiger partial charge in [-0.2, -0.15) is 0 Å². The lowest BCUT2D eigenvalue weighted by molar-refractivity contribution is -0.00550. The number of morpholine rings is 1. The van der Waals surface area contributed by atoms with Crippen molar-refractivity contribution in [3.8, 4) is 0 Å². The molecular formula is C16H19N3O3. The third-order valence-corrected chi connectivity index (χ3v) is 3.82. The van der Waals surface area contributed by atoms with Crippen LogP contribution < -0.4 is 10.5 Å². The molecule has 0 aromatic carbocycles. The predicted octanol–water partition coefficient (Wildman–Crippen LogP) is 1.43. The molecule has 2 atom stereocenters. The van der Waals surface area contributed by atoms with E-state index < -0.39 is 0 Å². The van der Waals surface area contributed by atoms with Crippen LogP contribution in [0.2, 0.25) is 0 Å². The number of pyridine rings is 1. The fourth-order valence-electron chi connectivity index (χ4n) is 2.94. The zero-order valence-electron chi connectivity index (χ0n) is 12.9. The van der Waals surface area contributed by atoms with E-state index in [1.807, 2.05) is 31.7 Å². The molecule has 1 fully saturated rings. The largest absolute Gasteiger partial charge is 0.372 e. The smallest absolute Gasteiger partial charge is 0.270 e. The maximum absolute atomic E-state index is 12.6. The standard InChI is InChI=1S/C16H19N3O3/c1-10-4-5-14-17-15(13(9-20)16(21)19(14)6-10)18-7-11(2)22-12(3)8-18/h4-6,9,11-12H,7-8H2,1-3H3/t11-,12+. The normalized spacial score (nSPS) is 22.0. The van der Waals surface area contributed by atoms with Crippen LogP contribution in [-0.2, 0) is 4.74 Å². The Labute approximate surface area is 128 Å². The third-order valence-electron chi connectivity index (χ3n) is 3.82. The van der Waals surface area contributed by atoms with Crippen molar-refractivity contribution in [3.05, 3.63) is 39.8 Å². The molecule has 3 heterocycles. The number of fused-ring (bicyclic) bond motifs is 1. The minimum Gasteiger partial charge on any atom is -0.372 e. The van der Waals surface area contributed by atoms with Gasteiger partial charge in [-0.3, -0.25) is 14.0 Å². The van der Waals surface area contributed by atoms with Crippen molar-refractivity contribution >= 4 is 17.8 Å². The second-order valence-corrected chi connectivity index (χ2v) is 5.87. The first kappa shape index (κ1) is 14.7. The van der Waals surface area contributed by atoms with E-state index in [4.69, 9.17) is 4.74 Å². The summed E-state index contributed by atoms with van der Waals surface area (Å²) in [6, 6.07) is 3.69. The number of anilines is 1. The van der Waals surface area contributed by atoms with Crippen LogP contribution in [0, 0.1) is 6.92 Å². The van der Waals surface area contributed by atoms with Gasteiger partial charge in [0.2, 0.25) is 0 Å². The number of hydrogen-bond donors (Lipinski definition) is 0. The maximum atomic E-state index is 12.6. The average Bonchev–Trinajstić information content (AvgIpc) is 2.46. The average molecular weight is 301 g/mol. The van der Waals surface area contributed by atoms with E-state index in [-0.39, 0.29) is 23.3 Å². The molecule has 0 aliphatic carbocycles. The first-order valence-corrected chi connectivity index (χ1v) is 7.38. The van der Waals surface area contributed by atoms with Gasteiger partial charge in [-0.05, 0) is 32.4 Å². The highest BCUT2D eigenvalue weighted by molar-refractivity contribution is 5.83. The molecule has 2 aromatic rings. The van der Waals surface area contributed by atoms with Gasteiger partial charge in [0.05, 0.1) is 12.2 Å². The van der Waals surface area contributed by atoms with E-state index in [0.29, 0.717) is 30.8 Å². The number of aldehydes is 1. The van der Waals surface area contributed by atoms with E-state index in [0.717, 1.165) is 5.56 Å². The van der Waals surface area contributed by atoms with Crippen LogP contribution in [0.5, 0.6) is 0 Å². The molecule has 22 heavy (non-hydrogen) atoms. The number of carbonyl (C=O) groups excluding carboxylic acids is 1. The molecule has 0 saturated carbocycles. The molecule has 0 spiro atoms. The Morgan fingerprint density at radius 1 is 1.27 bits per heavy atom. The fraction of sp³-hybridized carbons (Fsp3) is 0.438. The molecule has 1 aliphatic heterocycles. The van der Waals surface area contributed by atoms with E-state index in [9.17, 15) is 9.59 Å². The second kappa shape index (κ2) is 5.53. The highest BCUT2D eigenvalue weighted by Gasteiger charge is 2.26. The summed E-state index contributed by atoms with van der Waals surface area (Å²) in [4.78, 5) is 30.5. The number of aromatic nitrogens is 2. The van der Waals surface area contributed by atoms with Crippen LogP contribution in [0.3, 0.4) is 0 Å². The number of carbonyl (C=O) groups is 1. The number of rotatable bonds is 2. The van der Waals surface area contributed by atoms with Crippen molar-refractivity contribution in [1.29, 1.82) is 0 Å². The minimum absolute atomic E-state index is 0.0292. The van der Waals surface area contributed by atoms with E-state index in [1.54, 1.807) is 12.3 Å². The molecule has 1 saturated heterocycles. The van der Waals surface area contributed by atoms with Gasteiger partial charge in [-0.15, -0.1) is 0 Å². The van der Waals surface area contributed by atoms with Crippen molar-refractivity contribution in [2.24, 2.45) is 0 Å². The summed E-state index contributed by atoms with van der Waals surface area (Å²) < 4.78 is 7.13. The summed E-state index contributed by atoms with van der Waals surface area (Å²) >= 11 is 0. The van der Waals surface area contributed by atoms with Gasteiger partial charge in [0.25, 0.3) is 5.56 Å². The Kier molecular flexibility index (Phi) is 3.70. The van der Waals surface area contributed by atoms with Gasteiger partial charge in [-0.1, -0.05) is 6.07 Å². The Balaban J connectivity index is 2.19. The second-order valence-electron chi connectivity index (χ2n) is 5.87. The number of aryl methyl sites for hydroxylation is 1. The van der Waals surface area contributed by atoms with E-state index >= 15 is 0 Å². The zero-order valence-corrected chi connectivity index (χ0v) is 12.9. The Morgan fingerprint density at radius 2 is 1.95 bits per heavy atom. The van der Waals surface area contributed by atoms with Crippen LogP contribution >= 0.6 is 0 Å². The molecular weight excluding hydrogens is 282 g/mol. The third kappa shape index (κ3) is 2.50. The monoisotopic (exact) mass is 301 g/mol. The van der Waals surface area contributed by atoms with Crippen LogP contribution in [0.15, 0.2) is 23.1 Å². The molecule has 6 heteroatoms. The molecule has 1 aliphatic rings. The lowest BCUT2D eigenvalue weighted by Gasteiger charge is -2.36. The molecule has 0 unspecified atom stereocenters. The van der Waals surface area contributed by atoms with Gasteiger partial charge in [0, 0.05) is 19.3 Å². The first-order valence-electron chi connectivity index (χ1n) is 7.38. The first-order chi connectivity index (χ1) is 10.5. The lowest BCUT2D eigenvalue weighted by atomic mass is 10.2. The summed E-state index contributed by atoms with van der Waals surface area (Å²) in [5.74, 6) is 0.450. The zero-order chi connectivity index (χ0) is 15.9. The Hall–Kier alpha value is -2.21. The molecule has 6 nitrogen and oxygen atoms in total. The predicted molar refractivity (Wildman–Crippen MR) is 83.8 cm³/mol. The molecule has 0 N–H and O–H groups in total. The highest BCUT2D eigenvalue weighted by atomic mass is 16.5. The summed E-state index contributed by atoms with van der Waals surface area (Å²) in [5.41, 5.74) is 1.26. The molecule has 2 aromatic heterocycles. The molecule has 0 amide bonds. The van der Waals surface area contributed by atoms with Crippen LogP contribution in [0.1, 0.15) is 29.8 Å². The SMILES string of the molecule is Cc1ccc2nc(N3C[C@@H](C)O[C@@H](C)C3)c(C=O)c(=O)n2c1. The topological polar surface area (TPSA) is 63.9 Å². The quantitative estimate of drug-likeness (QED) is 0.785. The summed E-state index contributed by atoms with van der Waals surface area (Å²) in [6.07, 6.45) is 2.36. The van der Waals surface area contributed by atoms with E-state index in [1.165, 1.54) is 4.40 Å². The molecule has 3 rings (SSSR count). The van der Waals surface area contributed by atoms with Crippen LogP contribution in [0.4, 0.5) is 5.82 Å². The number of hydrogen-bond acceptors (Lipinski definition) is 5. The molecule has 0 radical (unpaired) electrons. The van der Waals surface area contributed by atoms with Crippen molar-refractivity contribution in [1.82, 2.24) is 9.38 Å². The Bertz CT molecular complexity index is 774. The van der Waals surface area contributed by atoms with Gasteiger partial charge < -0.3 is 9.64 Å². The maximum Gasteiger partial charge on any atom is 0.270 e. The molecule has 116 valence electrons. The van der Waals surface area contributed by atoms with Crippen molar-refractivity contribution in [3.63, 3.8) is 0 Å². The fourth-order valence-corrected chi connectivity index (χ4v) is 2.94. The number of ether oxygens (including phenoxy) is 1. The Morgan fingerprint density at radius 3 is 2.59 bits per heavy atom. The summed E-state index contributed by atoms with van der Waals surface area (Å²) in [5, 5.41) is 0. The lowest BCUT2D eigenvalue weighted by Crippen LogP contribution is -2.47. The van der Waals surface area contributed by atoms with Gasteiger partial charge in [0.15, 0.2) is 6.29 Å². The van der Waals surface area contributed by atoms with Crippen molar-refractivity contribution in [2.45, 2.75) is 33.0 Å². The molecule has 0 bridgehead atoms.